The Balaban J connectivity index is 1.45. The average Bonchev–Trinajstić information content (AvgIpc) is 2.93. The van der Waals surface area contributed by atoms with Crippen molar-refractivity contribution in [2.45, 2.75) is 70.1 Å². The molecular weight excluding hydrogens is 569 g/mol. The number of halogens is 3. The van der Waals surface area contributed by atoms with E-state index in [0.717, 1.165) is 36.3 Å². The number of urea groups is 1. The topological polar surface area (TPSA) is 152 Å². The molecule has 1 aromatic heterocycles. The van der Waals surface area contributed by atoms with E-state index in [-0.39, 0.29) is 49.1 Å². The van der Waals surface area contributed by atoms with E-state index in [4.69, 9.17) is 11.5 Å². The lowest BCUT2D eigenvalue weighted by molar-refractivity contribution is -0.275. The molecule has 1 aliphatic carbocycles. The molecule has 1 saturated carbocycles. The second kappa shape index (κ2) is 12.9. The van der Waals surface area contributed by atoms with Crippen LogP contribution in [0.3, 0.4) is 0 Å². The quantitative estimate of drug-likeness (QED) is 0.433. The van der Waals surface area contributed by atoms with Gasteiger partial charge >= 0.3 is 18.1 Å². The number of aromatic nitrogens is 2. The molecule has 2 aromatic rings. The zero-order chi connectivity index (χ0) is 31.5. The van der Waals surface area contributed by atoms with Crippen molar-refractivity contribution in [2.24, 2.45) is 11.5 Å². The van der Waals surface area contributed by atoms with E-state index in [1.807, 2.05) is 11.9 Å². The zero-order valence-corrected chi connectivity index (χ0v) is 24.6. The van der Waals surface area contributed by atoms with Crippen molar-refractivity contribution >= 4 is 17.8 Å². The van der Waals surface area contributed by atoms with E-state index in [0.29, 0.717) is 18.7 Å². The molecule has 3 amide bonds. The Bertz CT molecular complexity index is 1360. The Hall–Kier alpha value is -3.69. The predicted molar refractivity (Wildman–Crippen MR) is 154 cm³/mol. The first-order valence-corrected chi connectivity index (χ1v) is 14.2. The van der Waals surface area contributed by atoms with Crippen LogP contribution in [0.5, 0.6) is 5.75 Å². The Labute approximate surface area is 247 Å². The lowest BCUT2D eigenvalue weighted by atomic mass is 9.91. The SMILES string of the molecule is CN(Cc1ccc(-n2ccc(NC(=O)N3CCN(C(=O)C(C)(C)N)CC3)nc2=O)cc1OC(F)(F)F)[C@H]1CC[C@H](N)CC1. The summed E-state index contributed by atoms with van der Waals surface area (Å²) in [5.74, 6) is -0.648. The highest BCUT2D eigenvalue weighted by atomic mass is 19.4. The van der Waals surface area contributed by atoms with Crippen molar-refractivity contribution in [2.75, 3.05) is 38.5 Å². The van der Waals surface area contributed by atoms with Gasteiger partial charge in [0, 0.05) is 62.6 Å². The minimum atomic E-state index is -4.93. The number of nitrogens with one attached hydrogen (secondary N) is 1. The van der Waals surface area contributed by atoms with Crippen LogP contribution in [0, 0.1) is 0 Å². The fraction of sp³-hybridized carbons (Fsp3) is 0.571. The van der Waals surface area contributed by atoms with Crippen molar-refractivity contribution in [3.05, 3.63) is 46.5 Å². The number of rotatable bonds is 7. The maximum absolute atomic E-state index is 13.3. The Morgan fingerprint density at radius 3 is 2.28 bits per heavy atom. The van der Waals surface area contributed by atoms with E-state index in [1.165, 1.54) is 29.3 Å². The largest absolute Gasteiger partial charge is 0.573 e. The number of nitrogens with zero attached hydrogens (tertiary/aromatic N) is 5. The second-order valence-corrected chi connectivity index (χ2v) is 11.7. The maximum atomic E-state index is 13.3. The minimum absolute atomic E-state index is 0.0231. The summed E-state index contributed by atoms with van der Waals surface area (Å²) in [5, 5.41) is 2.56. The number of anilines is 1. The molecule has 4 rings (SSSR count). The summed E-state index contributed by atoms with van der Waals surface area (Å²) >= 11 is 0. The monoisotopic (exact) mass is 608 g/mol. The van der Waals surface area contributed by atoms with Gasteiger partial charge in [-0.2, -0.15) is 4.98 Å². The number of piperazine rings is 1. The smallest absolute Gasteiger partial charge is 0.405 e. The first kappa shape index (κ1) is 32.2. The summed E-state index contributed by atoms with van der Waals surface area (Å²) in [6, 6.07) is 5.38. The molecule has 0 spiro atoms. The van der Waals surface area contributed by atoms with E-state index in [2.05, 4.69) is 15.0 Å². The average molecular weight is 609 g/mol. The van der Waals surface area contributed by atoms with Crippen molar-refractivity contribution in [1.29, 1.82) is 0 Å². The zero-order valence-electron chi connectivity index (χ0n) is 24.6. The van der Waals surface area contributed by atoms with Crippen LogP contribution in [-0.2, 0) is 11.3 Å². The van der Waals surface area contributed by atoms with Crippen LogP contribution in [0.15, 0.2) is 35.3 Å². The number of benzene rings is 1. The standard InChI is InChI=1S/C28H39F3N8O4/c1-27(2,33)24(40)37-12-14-38(15-13-37)25(41)34-23-10-11-39(26(42)35-23)21-7-4-18(22(16-21)43-28(29,30)31)17-36(3)20-8-5-19(32)6-9-20/h4,7,10-11,16,19-20H,5-6,8-9,12-15,17,32-33H2,1-3H3,(H,34,35,41,42)/t19-,20-. The maximum Gasteiger partial charge on any atom is 0.573 e. The van der Waals surface area contributed by atoms with Crippen molar-refractivity contribution in [3.8, 4) is 11.4 Å². The number of ether oxygens (including phenoxy) is 1. The van der Waals surface area contributed by atoms with Gasteiger partial charge < -0.3 is 26.0 Å². The number of carbonyl (C=O) groups excluding carboxylic acids is 2. The number of hydrogen-bond donors (Lipinski definition) is 3. The molecule has 1 aliphatic heterocycles. The van der Waals surface area contributed by atoms with Gasteiger partial charge in [-0.25, -0.2) is 9.59 Å². The van der Waals surface area contributed by atoms with Gasteiger partial charge in [-0.1, -0.05) is 6.07 Å². The summed E-state index contributed by atoms with van der Waals surface area (Å²) in [7, 11) is 1.86. The molecule has 0 atom stereocenters. The molecule has 0 unspecified atom stereocenters. The van der Waals surface area contributed by atoms with Crippen LogP contribution < -0.4 is 27.2 Å². The van der Waals surface area contributed by atoms with Crippen molar-refractivity contribution < 1.29 is 27.5 Å². The lowest BCUT2D eigenvalue weighted by Gasteiger charge is -2.37. The van der Waals surface area contributed by atoms with E-state index in [1.54, 1.807) is 18.7 Å². The van der Waals surface area contributed by atoms with Gasteiger partial charge in [0.05, 0.1) is 11.2 Å². The highest BCUT2D eigenvalue weighted by Crippen LogP contribution is 2.31. The highest BCUT2D eigenvalue weighted by molar-refractivity contribution is 5.89. The normalized spacial score (nSPS) is 19.8. The number of amides is 3. The Morgan fingerprint density at radius 1 is 1.07 bits per heavy atom. The van der Waals surface area contributed by atoms with Gasteiger partial charge in [0.25, 0.3) is 0 Å². The van der Waals surface area contributed by atoms with Crippen LogP contribution in [0.1, 0.15) is 45.1 Å². The van der Waals surface area contributed by atoms with E-state index < -0.39 is 29.4 Å². The molecule has 43 heavy (non-hydrogen) atoms. The molecule has 5 N–H and O–H groups in total. The predicted octanol–water partition coefficient (Wildman–Crippen LogP) is 2.25. The number of hydrogen-bond acceptors (Lipinski definition) is 8. The molecule has 1 saturated heterocycles. The molecule has 2 fully saturated rings. The molecular formula is C28H39F3N8O4. The number of alkyl halides is 3. The van der Waals surface area contributed by atoms with Crippen LogP contribution >= 0.6 is 0 Å². The third kappa shape index (κ3) is 8.45. The summed E-state index contributed by atoms with van der Waals surface area (Å²) in [5.41, 5.74) is 10.5. The number of nitrogens with two attached hydrogens (primary N) is 2. The molecule has 0 radical (unpaired) electrons. The second-order valence-electron chi connectivity index (χ2n) is 11.7. The van der Waals surface area contributed by atoms with Gasteiger partial charge in [0.2, 0.25) is 5.91 Å². The summed E-state index contributed by atoms with van der Waals surface area (Å²) in [6.45, 7) is 4.61. The molecule has 2 heterocycles. The van der Waals surface area contributed by atoms with E-state index in [9.17, 15) is 27.6 Å². The molecule has 12 nitrogen and oxygen atoms in total. The first-order chi connectivity index (χ1) is 20.1. The van der Waals surface area contributed by atoms with Crippen LogP contribution in [-0.4, -0.2) is 93.4 Å². The minimum Gasteiger partial charge on any atom is -0.405 e. The highest BCUT2D eigenvalue weighted by Gasteiger charge is 2.33. The molecule has 0 bridgehead atoms. The fourth-order valence-electron chi connectivity index (χ4n) is 5.36. The van der Waals surface area contributed by atoms with Gasteiger partial charge in [-0.3, -0.25) is 19.6 Å². The van der Waals surface area contributed by atoms with Gasteiger partial charge in [0.1, 0.15) is 11.6 Å². The fourth-order valence-corrected chi connectivity index (χ4v) is 5.36. The van der Waals surface area contributed by atoms with Crippen LogP contribution in [0.2, 0.25) is 0 Å². The van der Waals surface area contributed by atoms with Crippen molar-refractivity contribution in [1.82, 2.24) is 24.3 Å². The summed E-state index contributed by atoms with van der Waals surface area (Å²) < 4.78 is 45.3. The van der Waals surface area contributed by atoms with Gasteiger partial charge in [-0.05, 0) is 58.7 Å². The molecule has 15 heteroatoms. The molecule has 236 valence electrons. The number of carbonyl (C=O) groups is 2. The summed E-state index contributed by atoms with van der Waals surface area (Å²) in [6.07, 6.45) is -0.182. The molecule has 2 aliphatic rings. The molecule has 1 aromatic carbocycles. The lowest BCUT2D eigenvalue weighted by Crippen LogP contribution is -2.58. The van der Waals surface area contributed by atoms with Gasteiger partial charge in [0.15, 0.2) is 0 Å². The van der Waals surface area contributed by atoms with Crippen molar-refractivity contribution in [3.63, 3.8) is 0 Å². The Kier molecular flexibility index (Phi) is 9.66. The Morgan fingerprint density at radius 2 is 1.70 bits per heavy atom. The van der Waals surface area contributed by atoms with Crippen LogP contribution in [0.25, 0.3) is 5.69 Å². The summed E-state index contributed by atoms with van der Waals surface area (Å²) in [4.78, 5) is 46.9. The van der Waals surface area contributed by atoms with E-state index >= 15 is 0 Å². The first-order valence-electron chi connectivity index (χ1n) is 14.2. The third-order valence-electron chi connectivity index (χ3n) is 7.78. The van der Waals surface area contributed by atoms with Crippen LogP contribution in [0.4, 0.5) is 23.8 Å². The third-order valence-corrected chi connectivity index (χ3v) is 7.78. The van der Waals surface area contributed by atoms with Gasteiger partial charge in [-0.15, -0.1) is 13.2 Å².